The number of carboxylic acids is 1. The number of thiol groups is 1. The first-order chi connectivity index (χ1) is 17.2. The number of alkyl halides is 3. The van der Waals surface area contributed by atoms with Gasteiger partial charge in [-0.2, -0.15) is 30.1 Å². The van der Waals surface area contributed by atoms with Crippen molar-refractivity contribution in [2.75, 3.05) is 31.6 Å². The van der Waals surface area contributed by atoms with Gasteiger partial charge in [0.1, 0.15) is 0 Å². The number of carbonyl (C=O) groups is 3. The van der Waals surface area contributed by atoms with Gasteiger partial charge >= 0.3 is 12.1 Å². The van der Waals surface area contributed by atoms with Gasteiger partial charge in [-0.25, -0.2) is 13.2 Å². The molecule has 1 amide bonds. The summed E-state index contributed by atoms with van der Waals surface area (Å²) in [5.74, 6) is -2.20. The standard InChI is InChI=1S/C23H24F3N3O6S2/c1-28(15-8-6-14(7-9-15)22(32)33)21(31)12-27-11-19(30)18-10-16(36)13-29(18)37(34,35)20-5-3-2-4-17(20)23(24,25)26/h2-9,16,18,27,36H,10-13H2,1H3,(H,32,33). The first kappa shape index (κ1) is 28.6. The topological polar surface area (TPSA) is 124 Å². The Labute approximate surface area is 216 Å². The number of hydrogen-bond donors (Lipinski definition) is 3. The fourth-order valence-corrected chi connectivity index (χ4v) is 6.26. The van der Waals surface area contributed by atoms with Crippen LogP contribution in [0.4, 0.5) is 18.9 Å². The molecule has 2 unspecified atom stereocenters. The van der Waals surface area contributed by atoms with Gasteiger partial charge in [0.2, 0.25) is 15.9 Å². The Hall–Kier alpha value is -2.94. The summed E-state index contributed by atoms with van der Waals surface area (Å²) in [5.41, 5.74) is -0.867. The molecule has 200 valence electrons. The van der Waals surface area contributed by atoms with E-state index in [-0.39, 0.29) is 25.1 Å². The van der Waals surface area contributed by atoms with Crippen LogP contribution in [-0.4, -0.2) is 73.5 Å². The number of rotatable bonds is 9. The van der Waals surface area contributed by atoms with Gasteiger partial charge in [0.15, 0.2) is 5.78 Å². The van der Waals surface area contributed by atoms with Crippen LogP contribution in [0.1, 0.15) is 22.3 Å². The van der Waals surface area contributed by atoms with E-state index in [9.17, 15) is 36.0 Å². The summed E-state index contributed by atoms with van der Waals surface area (Å²) in [4.78, 5) is 36.6. The number of Topliss-reactive ketones (excluding diaryl/α,β-unsaturated/α-hetero) is 1. The number of carboxylic acid groups (broad SMARTS) is 1. The van der Waals surface area contributed by atoms with Crippen molar-refractivity contribution in [3.8, 4) is 0 Å². The predicted octanol–water partition coefficient (Wildman–Crippen LogP) is 2.29. The molecule has 0 spiro atoms. The van der Waals surface area contributed by atoms with E-state index in [1.165, 1.54) is 42.3 Å². The van der Waals surface area contributed by atoms with Crippen molar-refractivity contribution in [1.29, 1.82) is 0 Å². The molecule has 2 aromatic rings. The molecule has 1 heterocycles. The molecular formula is C23H24F3N3O6S2. The van der Waals surface area contributed by atoms with E-state index in [1.54, 1.807) is 0 Å². The number of halogens is 3. The van der Waals surface area contributed by atoms with Crippen molar-refractivity contribution in [1.82, 2.24) is 9.62 Å². The number of likely N-dealkylation sites (N-methyl/N-ethyl adjacent to an activating group) is 1. The molecule has 0 aliphatic carbocycles. The van der Waals surface area contributed by atoms with Crippen molar-refractivity contribution in [2.24, 2.45) is 0 Å². The summed E-state index contributed by atoms with van der Waals surface area (Å²) in [6.45, 7) is -0.957. The second kappa shape index (κ2) is 11.2. The summed E-state index contributed by atoms with van der Waals surface area (Å²) < 4.78 is 67.4. The highest BCUT2D eigenvalue weighted by Crippen LogP contribution is 2.37. The highest BCUT2D eigenvalue weighted by Gasteiger charge is 2.45. The summed E-state index contributed by atoms with van der Waals surface area (Å²) >= 11 is 4.25. The highest BCUT2D eigenvalue weighted by molar-refractivity contribution is 7.89. The van der Waals surface area contributed by atoms with Crippen LogP contribution in [0.15, 0.2) is 53.4 Å². The molecule has 14 heteroatoms. The number of hydrogen-bond acceptors (Lipinski definition) is 7. The van der Waals surface area contributed by atoms with E-state index >= 15 is 0 Å². The lowest BCUT2D eigenvalue weighted by atomic mass is 10.1. The zero-order chi connectivity index (χ0) is 27.5. The second-order valence-corrected chi connectivity index (χ2v) is 10.9. The zero-order valence-corrected chi connectivity index (χ0v) is 21.2. The smallest absolute Gasteiger partial charge is 0.417 e. The Kier molecular flexibility index (Phi) is 8.67. The first-order valence-electron chi connectivity index (χ1n) is 10.9. The number of carbonyl (C=O) groups excluding carboxylic acids is 2. The van der Waals surface area contributed by atoms with Gasteiger partial charge in [0.05, 0.1) is 35.2 Å². The van der Waals surface area contributed by atoms with E-state index in [2.05, 4.69) is 17.9 Å². The van der Waals surface area contributed by atoms with Crippen LogP contribution in [-0.2, 0) is 25.8 Å². The number of nitrogens with one attached hydrogen (secondary N) is 1. The lowest BCUT2D eigenvalue weighted by Gasteiger charge is -2.25. The van der Waals surface area contributed by atoms with Gasteiger partial charge in [-0.15, -0.1) is 0 Å². The maximum absolute atomic E-state index is 13.4. The van der Waals surface area contributed by atoms with Gasteiger partial charge in [-0.1, -0.05) is 12.1 Å². The number of nitrogens with zero attached hydrogens (tertiary/aromatic N) is 2. The average molecular weight is 560 g/mol. The summed E-state index contributed by atoms with van der Waals surface area (Å²) in [6, 6.07) is 8.06. The first-order valence-corrected chi connectivity index (χ1v) is 12.9. The molecule has 37 heavy (non-hydrogen) atoms. The molecule has 9 nitrogen and oxygen atoms in total. The van der Waals surface area contributed by atoms with Crippen LogP contribution in [0.5, 0.6) is 0 Å². The van der Waals surface area contributed by atoms with E-state index < -0.39 is 62.2 Å². The maximum Gasteiger partial charge on any atom is 0.417 e. The van der Waals surface area contributed by atoms with E-state index in [1.807, 2.05) is 0 Å². The minimum atomic E-state index is -4.91. The molecular weight excluding hydrogens is 535 g/mol. The Morgan fingerprint density at radius 3 is 2.32 bits per heavy atom. The number of ketones is 1. The highest BCUT2D eigenvalue weighted by atomic mass is 32.2. The third-order valence-corrected chi connectivity index (χ3v) is 8.14. The number of aromatic carboxylic acids is 1. The van der Waals surface area contributed by atoms with E-state index in [0.29, 0.717) is 11.8 Å². The third kappa shape index (κ3) is 6.50. The molecule has 0 aromatic heterocycles. The van der Waals surface area contributed by atoms with Gasteiger partial charge < -0.3 is 15.3 Å². The molecule has 1 fully saturated rings. The Balaban J connectivity index is 1.67. The van der Waals surface area contributed by atoms with Crippen molar-refractivity contribution in [3.05, 3.63) is 59.7 Å². The number of anilines is 1. The SMILES string of the molecule is CN(C(=O)CNCC(=O)C1CC(S)CN1S(=O)(=O)c1ccccc1C(F)(F)F)c1ccc(C(=O)O)cc1. The van der Waals surface area contributed by atoms with Crippen molar-refractivity contribution in [3.63, 3.8) is 0 Å². The van der Waals surface area contributed by atoms with Crippen molar-refractivity contribution >= 4 is 46.0 Å². The number of benzene rings is 2. The van der Waals surface area contributed by atoms with Crippen molar-refractivity contribution in [2.45, 2.75) is 28.8 Å². The van der Waals surface area contributed by atoms with Crippen molar-refractivity contribution < 1.29 is 41.1 Å². The molecule has 1 aliphatic rings. The van der Waals surface area contributed by atoms with Crippen LogP contribution in [0.3, 0.4) is 0 Å². The Bertz CT molecular complexity index is 1290. The Morgan fingerprint density at radius 1 is 1.11 bits per heavy atom. The van der Waals surface area contributed by atoms with Crippen LogP contribution >= 0.6 is 12.6 Å². The van der Waals surface area contributed by atoms with Gasteiger partial charge in [0.25, 0.3) is 0 Å². The van der Waals surface area contributed by atoms with Crippen LogP contribution in [0, 0.1) is 0 Å². The van der Waals surface area contributed by atoms with Gasteiger partial charge in [-0.3, -0.25) is 9.59 Å². The minimum Gasteiger partial charge on any atom is -0.478 e. The molecule has 2 aromatic carbocycles. The third-order valence-electron chi connectivity index (χ3n) is 5.84. The second-order valence-electron chi connectivity index (χ2n) is 8.35. The molecule has 1 saturated heterocycles. The fraction of sp³-hybridized carbons (Fsp3) is 0.348. The molecule has 0 bridgehead atoms. The normalized spacial score (nSPS) is 18.5. The Morgan fingerprint density at radius 2 is 1.73 bits per heavy atom. The molecule has 1 aliphatic heterocycles. The quantitative estimate of drug-likeness (QED) is 0.403. The van der Waals surface area contributed by atoms with E-state index in [0.717, 1.165) is 16.4 Å². The summed E-state index contributed by atoms with van der Waals surface area (Å²) in [5, 5.41) is 11.0. The molecule has 3 rings (SSSR count). The zero-order valence-electron chi connectivity index (χ0n) is 19.5. The number of amides is 1. The molecule has 0 saturated carbocycles. The largest absolute Gasteiger partial charge is 0.478 e. The molecule has 0 radical (unpaired) electrons. The van der Waals surface area contributed by atoms with Gasteiger partial charge in [-0.05, 0) is 42.8 Å². The maximum atomic E-state index is 13.4. The van der Waals surface area contributed by atoms with Crippen LogP contribution < -0.4 is 10.2 Å². The summed E-state index contributed by atoms with van der Waals surface area (Å²) in [7, 11) is -3.23. The lowest BCUT2D eigenvalue weighted by molar-refractivity contribution is -0.140. The van der Waals surface area contributed by atoms with Gasteiger partial charge in [0, 0.05) is 24.5 Å². The van der Waals surface area contributed by atoms with Crippen LogP contribution in [0.2, 0.25) is 0 Å². The van der Waals surface area contributed by atoms with E-state index in [4.69, 9.17) is 5.11 Å². The van der Waals surface area contributed by atoms with Crippen LogP contribution in [0.25, 0.3) is 0 Å². The lowest BCUT2D eigenvalue weighted by Crippen LogP contribution is -2.45. The molecule has 2 atom stereocenters. The summed E-state index contributed by atoms with van der Waals surface area (Å²) in [6.07, 6.45) is -4.91. The number of sulfonamides is 1. The fourth-order valence-electron chi connectivity index (χ4n) is 3.90. The monoisotopic (exact) mass is 559 g/mol. The predicted molar refractivity (Wildman–Crippen MR) is 131 cm³/mol. The molecule has 2 N–H and O–H groups in total. The minimum absolute atomic E-state index is 0.000808. The average Bonchev–Trinajstić information content (AvgIpc) is 3.25.